The molecule has 3 heterocycles. The van der Waals surface area contributed by atoms with Crippen molar-refractivity contribution < 1.29 is 22.0 Å². The molecular weight excluding hydrogens is 478 g/mol. The number of halogens is 2. The van der Waals surface area contributed by atoms with Crippen molar-refractivity contribution in [2.45, 2.75) is 19.3 Å². The first-order valence-corrected chi connectivity index (χ1v) is 12.5. The Morgan fingerprint density at radius 1 is 1.14 bits per heavy atom. The smallest absolute Gasteiger partial charge is 0.232 e. The Hall–Kier alpha value is -3.67. The maximum atomic E-state index is 15.2. The molecule has 1 unspecified atom stereocenters. The number of aromatic nitrogens is 3. The SMILES string of the molecule is CCCS(=O)(=O)Nc1ccc(F)c(C(=O)C2CNc3ncc(-c4cnc(N(C)C)nc4)cc32)c1F. The van der Waals surface area contributed by atoms with Crippen LogP contribution in [0.25, 0.3) is 11.1 Å². The van der Waals surface area contributed by atoms with E-state index in [1.807, 2.05) is 14.1 Å². The molecule has 0 bridgehead atoms. The number of anilines is 3. The molecule has 1 atom stereocenters. The molecule has 1 aromatic carbocycles. The van der Waals surface area contributed by atoms with Crippen LogP contribution in [0, 0.1) is 11.6 Å². The molecular formula is C23H24F2N6O3S. The van der Waals surface area contributed by atoms with E-state index in [1.54, 1.807) is 36.5 Å². The second-order valence-electron chi connectivity index (χ2n) is 8.33. The van der Waals surface area contributed by atoms with E-state index in [4.69, 9.17) is 0 Å². The second kappa shape index (κ2) is 9.53. The highest BCUT2D eigenvalue weighted by atomic mass is 32.2. The van der Waals surface area contributed by atoms with Crippen LogP contribution in [0.15, 0.2) is 36.8 Å². The molecule has 2 N–H and O–H groups in total. The van der Waals surface area contributed by atoms with Crippen molar-refractivity contribution >= 4 is 33.3 Å². The Kier molecular flexibility index (Phi) is 6.66. The molecule has 35 heavy (non-hydrogen) atoms. The van der Waals surface area contributed by atoms with Crippen molar-refractivity contribution in [1.29, 1.82) is 0 Å². The summed E-state index contributed by atoms with van der Waals surface area (Å²) in [6, 6.07) is 3.55. The number of hydrogen-bond donors (Lipinski definition) is 2. The highest BCUT2D eigenvalue weighted by molar-refractivity contribution is 7.92. The van der Waals surface area contributed by atoms with Gasteiger partial charge in [-0.25, -0.2) is 32.2 Å². The van der Waals surface area contributed by atoms with Gasteiger partial charge in [0.1, 0.15) is 11.6 Å². The summed E-state index contributed by atoms with van der Waals surface area (Å²) in [6.07, 6.45) is 5.15. The Morgan fingerprint density at radius 2 is 1.83 bits per heavy atom. The highest BCUT2D eigenvalue weighted by Crippen LogP contribution is 2.36. The first-order chi connectivity index (χ1) is 16.6. The third kappa shape index (κ3) is 4.92. The van der Waals surface area contributed by atoms with Crippen LogP contribution in [-0.4, -0.2) is 55.5 Å². The summed E-state index contributed by atoms with van der Waals surface area (Å²) >= 11 is 0. The summed E-state index contributed by atoms with van der Waals surface area (Å²) in [6.45, 7) is 1.75. The predicted molar refractivity (Wildman–Crippen MR) is 129 cm³/mol. The number of sulfonamides is 1. The Morgan fingerprint density at radius 3 is 2.49 bits per heavy atom. The van der Waals surface area contributed by atoms with Gasteiger partial charge >= 0.3 is 0 Å². The van der Waals surface area contributed by atoms with Crippen molar-refractivity contribution in [1.82, 2.24) is 15.0 Å². The van der Waals surface area contributed by atoms with Crippen LogP contribution in [0.1, 0.15) is 35.2 Å². The minimum atomic E-state index is -3.84. The van der Waals surface area contributed by atoms with Gasteiger partial charge in [-0.1, -0.05) is 6.92 Å². The van der Waals surface area contributed by atoms with Crippen molar-refractivity contribution in [2.24, 2.45) is 0 Å². The minimum Gasteiger partial charge on any atom is -0.369 e. The number of benzene rings is 1. The summed E-state index contributed by atoms with van der Waals surface area (Å²) in [4.78, 5) is 28.0. The van der Waals surface area contributed by atoms with Crippen LogP contribution in [-0.2, 0) is 10.0 Å². The molecule has 12 heteroatoms. The van der Waals surface area contributed by atoms with E-state index in [2.05, 4.69) is 25.0 Å². The lowest BCUT2D eigenvalue weighted by molar-refractivity contribution is 0.0958. The van der Waals surface area contributed by atoms with E-state index in [0.717, 1.165) is 12.1 Å². The maximum absolute atomic E-state index is 15.2. The number of carbonyl (C=O) groups excluding carboxylic acids is 1. The number of nitrogens with zero attached hydrogens (tertiary/aromatic N) is 4. The molecule has 0 amide bonds. The molecule has 0 aliphatic carbocycles. The second-order valence-corrected chi connectivity index (χ2v) is 10.2. The number of pyridine rings is 1. The lowest BCUT2D eigenvalue weighted by atomic mass is 9.91. The number of Topliss-reactive ketones (excluding diaryl/α,β-unsaturated/α-hetero) is 1. The fourth-order valence-corrected chi connectivity index (χ4v) is 4.95. The van der Waals surface area contributed by atoms with E-state index in [-0.39, 0.29) is 12.3 Å². The largest absolute Gasteiger partial charge is 0.369 e. The topological polar surface area (TPSA) is 117 Å². The maximum Gasteiger partial charge on any atom is 0.232 e. The number of nitrogens with one attached hydrogen (secondary N) is 2. The molecule has 4 rings (SSSR count). The average Bonchev–Trinajstić information content (AvgIpc) is 3.24. The Labute approximate surface area is 201 Å². The first kappa shape index (κ1) is 24.5. The van der Waals surface area contributed by atoms with Crippen LogP contribution in [0.2, 0.25) is 0 Å². The van der Waals surface area contributed by atoms with E-state index >= 15 is 4.39 Å². The summed E-state index contributed by atoms with van der Waals surface area (Å²) in [7, 11) is -0.205. The number of carbonyl (C=O) groups is 1. The molecule has 1 aliphatic heterocycles. The van der Waals surface area contributed by atoms with Gasteiger partial charge in [-0.15, -0.1) is 0 Å². The van der Waals surface area contributed by atoms with Crippen LogP contribution in [0.3, 0.4) is 0 Å². The van der Waals surface area contributed by atoms with Gasteiger partial charge in [0.25, 0.3) is 0 Å². The van der Waals surface area contributed by atoms with Gasteiger partial charge in [0.15, 0.2) is 11.6 Å². The zero-order chi connectivity index (χ0) is 25.3. The summed E-state index contributed by atoms with van der Waals surface area (Å²) in [5, 5.41) is 2.99. The summed E-state index contributed by atoms with van der Waals surface area (Å²) < 4.78 is 56.1. The molecule has 3 aromatic rings. The molecule has 0 saturated carbocycles. The van der Waals surface area contributed by atoms with Gasteiger partial charge in [0.2, 0.25) is 16.0 Å². The molecule has 1 aliphatic rings. The minimum absolute atomic E-state index is 0.0886. The molecule has 0 fully saturated rings. The van der Waals surface area contributed by atoms with E-state index in [0.29, 0.717) is 34.9 Å². The number of fused-ring (bicyclic) bond motifs is 1. The van der Waals surface area contributed by atoms with Gasteiger partial charge in [-0.2, -0.15) is 0 Å². The van der Waals surface area contributed by atoms with Crippen LogP contribution < -0.4 is 14.9 Å². The third-order valence-electron chi connectivity index (χ3n) is 5.53. The highest BCUT2D eigenvalue weighted by Gasteiger charge is 2.34. The van der Waals surface area contributed by atoms with Crippen molar-refractivity contribution in [3.63, 3.8) is 0 Å². The number of ketones is 1. The third-order valence-corrected chi connectivity index (χ3v) is 7.01. The fraction of sp³-hybridized carbons (Fsp3) is 0.304. The van der Waals surface area contributed by atoms with Gasteiger partial charge in [-0.05, 0) is 24.6 Å². The van der Waals surface area contributed by atoms with E-state index in [1.165, 1.54) is 0 Å². The predicted octanol–water partition coefficient (Wildman–Crippen LogP) is 3.43. The summed E-state index contributed by atoms with van der Waals surface area (Å²) in [5.41, 5.74) is 0.496. The Balaban J connectivity index is 1.68. The normalized spacial score (nSPS) is 14.8. The molecule has 9 nitrogen and oxygen atoms in total. The lowest BCUT2D eigenvalue weighted by Gasteiger charge is -2.15. The molecule has 0 saturated heterocycles. The zero-order valence-electron chi connectivity index (χ0n) is 19.3. The number of hydrogen-bond acceptors (Lipinski definition) is 8. The molecule has 0 spiro atoms. The van der Waals surface area contributed by atoms with Gasteiger partial charge < -0.3 is 10.2 Å². The van der Waals surface area contributed by atoms with E-state index in [9.17, 15) is 17.6 Å². The average molecular weight is 503 g/mol. The fourth-order valence-electron chi connectivity index (χ4n) is 3.82. The first-order valence-electron chi connectivity index (χ1n) is 10.9. The van der Waals surface area contributed by atoms with Crippen molar-refractivity contribution in [3.05, 3.63) is 59.6 Å². The monoisotopic (exact) mass is 502 g/mol. The molecule has 2 aromatic heterocycles. The van der Waals surface area contributed by atoms with Crippen LogP contribution in [0.4, 0.5) is 26.2 Å². The van der Waals surface area contributed by atoms with Crippen LogP contribution in [0.5, 0.6) is 0 Å². The van der Waals surface area contributed by atoms with Crippen molar-refractivity contribution in [3.8, 4) is 11.1 Å². The molecule has 0 radical (unpaired) electrons. The summed E-state index contributed by atoms with van der Waals surface area (Å²) in [5.74, 6) is -3.35. The van der Waals surface area contributed by atoms with Gasteiger partial charge in [-0.3, -0.25) is 9.52 Å². The van der Waals surface area contributed by atoms with Crippen LogP contribution >= 0.6 is 0 Å². The van der Waals surface area contributed by atoms with Crippen molar-refractivity contribution in [2.75, 3.05) is 41.3 Å². The standard InChI is InChI=1S/C23H24F2N6O3S/c1-4-7-35(33,34)30-18-6-5-17(24)19(20(18)25)21(32)16-12-27-22-15(16)8-13(9-26-22)14-10-28-23(29-11-14)31(2)3/h5-6,8-11,16,30H,4,7,12H2,1-3H3,(H,26,27). The quantitative estimate of drug-likeness (QED) is 0.450. The number of rotatable bonds is 8. The lowest BCUT2D eigenvalue weighted by Crippen LogP contribution is -2.21. The molecule has 184 valence electrons. The van der Waals surface area contributed by atoms with Gasteiger partial charge in [0, 0.05) is 55.9 Å². The Bertz CT molecular complexity index is 1380. The zero-order valence-corrected chi connectivity index (χ0v) is 20.2. The van der Waals surface area contributed by atoms with E-state index < -0.39 is 44.6 Å². The van der Waals surface area contributed by atoms with Gasteiger partial charge in [0.05, 0.1) is 22.9 Å².